The summed E-state index contributed by atoms with van der Waals surface area (Å²) in [5.41, 5.74) is 5.84. The molecule has 0 amide bonds. The van der Waals surface area contributed by atoms with Crippen molar-refractivity contribution in [2.75, 3.05) is 7.11 Å². The maximum absolute atomic E-state index is 6.65. The molecule has 0 bridgehead atoms. The highest BCUT2D eigenvalue weighted by atomic mass is 35.5. The monoisotopic (exact) mass is 507 g/mol. The Bertz CT molecular complexity index is 1650. The summed E-state index contributed by atoms with van der Waals surface area (Å²) < 4.78 is 18.1. The van der Waals surface area contributed by atoms with Gasteiger partial charge in [0, 0.05) is 28.1 Å². The summed E-state index contributed by atoms with van der Waals surface area (Å²) in [5.74, 6) is 2.15. The normalized spacial score (nSPS) is 18.2. The van der Waals surface area contributed by atoms with E-state index < -0.39 is 6.23 Å². The molecule has 2 aliphatic rings. The molecule has 0 N–H and O–H groups in total. The number of methoxy groups -OCH3 is 1. The largest absolute Gasteiger partial charge is 0.493 e. The maximum Gasteiger partial charge on any atom is 0.214 e. The number of hydrogen-bond donors (Lipinski definition) is 0. The molecule has 3 heterocycles. The van der Waals surface area contributed by atoms with E-state index in [4.69, 9.17) is 30.7 Å². The first-order valence-corrected chi connectivity index (χ1v) is 12.5. The minimum absolute atomic E-state index is 0.0213. The first-order valence-electron chi connectivity index (χ1n) is 12.1. The number of hydrogen-bond acceptors (Lipinski definition) is 6. The number of ether oxygens (including phenoxy) is 2. The van der Waals surface area contributed by atoms with Crippen LogP contribution < -0.4 is 9.47 Å². The van der Waals surface area contributed by atoms with E-state index in [-0.39, 0.29) is 6.04 Å². The van der Waals surface area contributed by atoms with Gasteiger partial charge in [0.15, 0.2) is 17.3 Å². The van der Waals surface area contributed by atoms with E-state index in [0.717, 1.165) is 51.0 Å². The zero-order valence-electron chi connectivity index (χ0n) is 20.0. The lowest BCUT2D eigenvalue weighted by atomic mass is 9.95. The summed E-state index contributed by atoms with van der Waals surface area (Å²) in [6, 6.07) is 30.0. The Morgan fingerprint density at radius 3 is 2.57 bits per heavy atom. The fraction of sp³-hybridized carbons (Fsp3) is 0.133. The molecule has 7 rings (SSSR count). The van der Waals surface area contributed by atoms with Crippen molar-refractivity contribution in [1.29, 1.82) is 0 Å². The van der Waals surface area contributed by atoms with Crippen molar-refractivity contribution in [3.8, 4) is 22.8 Å². The van der Waals surface area contributed by atoms with Crippen LogP contribution in [0.5, 0.6) is 11.5 Å². The summed E-state index contributed by atoms with van der Waals surface area (Å²) in [6.07, 6.45) is 0.322. The molecule has 5 aromatic rings. The van der Waals surface area contributed by atoms with Gasteiger partial charge < -0.3 is 14.0 Å². The van der Waals surface area contributed by atoms with Crippen molar-refractivity contribution in [1.82, 2.24) is 10.2 Å². The second kappa shape index (κ2) is 8.68. The topological polar surface area (TPSA) is 60.1 Å². The zero-order chi connectivity index (χ0) is 24.9. The maximum atomic E-state index is 6.65. The molecule has 7 heteroatoms. The van der Waals surface area contributed by atoms with Crippen molar-refractivity contribution in [2.45, 2.75) is 18.7 Å². The molecular weight excluding hydrogens is 486 g/mol. The van der Waals surface area contributed by atoms with E-state index in [2.05, 4.69) is 34.4 Å². The summed E-state index contributed by atoms with van der Waals surface area (Å²) in [4.78, 5) is 0. The summed E-state index contributed by atoms with van der Waals surface area (Å²) in [5, 5.41) is 13.0. The zero-order valence-corrected chi connectivity index (χ0v) is 20.7. The van der Waals surface area contributed by atoms with Crippen LogP contribution in [0.15, 0.2) is 101 Å². The molecule has 4 aromatic carbocycles. The fourth-order valence-electron chi connectivity index (χ4n) is 5.19. The van der Waals surface area contributed by atoms with Gasteiger partial charge >= 0.3 is 0 Å². The predicted molar refractivity (Wildman–Crippen MR) is 143 cm³/mol. The van der Waals surface area contributed by atoms with E-state index in [0.29, 0.717) is 16.5 Å². The lowest BCUT2D eigenvalue weighted by Gasteiger charge is -2.38. The van der Waals surface area contributed by atoms with Crippen molar-refractivity contribution >= 4 is 28.2 Å². The molecule has 0 radical (unpaired) electrons. The van der Waals surface area contributed by atoms with Gasteiger partial charge in [0.2, 0.25) is 6.23 Å². The third-order valence-electron chi connectivity index (χ3n) is 7.00. The molecule has 182 valence electrons. The molecule has 0 spiro atoms. The lowest BCUT2D eigenvalue weighted by Crippen LogP contribution is -2.33. The Morgan fingerprint density at radius 1 is 0.919 bits per heavy atom. The van der Waals surface area contributed by atoms with Gasteiger partial charge in [0.1, 0.15) is 5.52 Å². The van der Waals surface area contributed by atoms with Gasteiger partial charge in [-0.2, -0.15) is 5.10 Å². The quantitative estimate of drug-likeness (QED) is 0.253. The average Bonchev–Trinajstić information content (AvgIpc) is 3.58. The Kier molecular flexibility index (Phi) is 5.15. The Balaban J connectivity index is 1.36. The van der Waals surface area contributed by atoms with E-state index in [1.54, 1.807) is 7.11 Å². The predicted octanol–water partition coefficient (Wildman–Crippen LogP) is 7.40. The van der Waals surface area contributed by atoms with E-state index >= 15 is 0 Å². The van der Waals surface area contributed by atoms with Crippen LogP contribution in [-0.4, -0.2) is 23.0 Å². The molecular formula is C30H22ClN3O3. The standard InChI is InChI=1S/C30H22ClN3O3/c1-35-27-9-5-8-22-26-17-25(18-6-3-2-4-7-18)32-34(26)30(36-29(22)27)20-12-15-24-23(16-20)28(37-33-24)19-10-13-21(31)14-11-19/h2-16,26,30H,17H2,1H3. The molecule has 2 unspecified atom stereocenters. The smallest absolute Gasteiger partial charge is 0.214 e. The molecule has 37 heavy (non-hydrogen) atoms. The average molecular weight is 508 g/mol. The van der Waals surface area contributed by atoms with Crippen LogP contribution in [0.25, 0.3) is 22.2 Å². The third kappa shape index (κ3) is 3.64. The minimum atomic E-state index is -0.451. The fourth-order valence-corrected chi connectivity index (χ4v) is 5.32. The highest BCUT2D eigenvalue weighted by Gasteiger charge is 2.42. The number of hydrazone groups is 1. The number of fused-ring (bicyclic) bond motifs is 4. The SMILES string of the molecule is COc1cccc2c1OC(c1ccc3noc(-c4ccc(Cl)cc4)c3c1)N1N=C(c3ccccc3)CC21. The van der Waals surface area contributed by atoms with Crippen molar-refractivity contribution in [3.05, 3.63) is 113 Å². The van der Waals surface area contributed by atoms with Crippen molar-refractivity contribution < 1.29 is 14.0 Å². The van der Waals surface area contributed by atoms with Crippen LogP contribution in [0, 0.1) is 0 Å². The van der Waals surface area contributed by atoms with E-state index in [9.17, 15) is 0 Å². The molecule has 1 aromatic heterocycles. The highest BCUT2D eigenvalue weighted by molar-refractivity contribution is 6.30. The van der Waals surface area contributed by atoms with Gasteiger partial charge in [0.05, 0.1) is 24.2 Å². The van der Waals surface area contributed by atoms with Gasteiger partial charge in [0.25, 0.3) is 0 Å². The van der Waals surface area contributed by atoms with Gasteiger partial charge in [-0.25, -0.2) is 5.01 Å². The van der Waals surface area contributed by atoms with Crippen LogP contribution in [0.3, 0.4) is 0 Å². The Hall–Kier alpha value is -4.29. The highest BCUT2D eigenvalue weighted by Crippen LogP contribution is 2.51. The molecule has 0 aliphatic carbocycles. The minimum Gasteiger partial charge on any atom is -0.493 e. The molecule has 6 nitrogen and oxygen atoms in total. The Labute approximate surface area is 218 Å². The molecule has 0 fully saturated rings. The van der Waals surface area contributed by atoms with E-state index in [1.807, 2.05) is 66.7 Å². The first kappa shape index (κ1) is 21.9. The number of aromatic nitrogens is 1. The van der Waals surface area contributed by atoms with Crippen LogP contribution in [0.2, 0.25) is 5.02 Å². The van der Waals surface area contributed by atoms with Crippen molar-refractivity contribution in [3.63, 3.8) is 0 Å². The van der Waals surface area contributed by atoms with Gasteiger partial charge in [-0.1, -0.05) is 65.3 Å². The summed E-state index contributed by atoms with van der Waals surface area (Å²) >= 11 is 6.10. The lowest BCUT2D eigenvalue weighted by molar-refractivity contribution is -0.0208. The van der Waals surface area contributed by atoms with E-state index in [1.165, 1.54) is 0 Å². The van der Waals surface area contributed by atoms with Crippen LogP contribution in [0.4, 0.5) is 0 Å². The Morgan fingerprint density at radius 2 is 1.76 bits per heavy atom. The number of benzene rings is 4. The number of halogens is 1. The van der Waals surface area contributed by atoms with Crippen LogP contribution in [0.1, 0.15) is 35.4 Å². The second-order valence-electron chi connectivity index (χ2n) is 9.16. The van der Waals surface area contributed by atoms with Crippen molar-refractivity contribution in [2.24, 2.45) is 5.10 Å². The summed E-state index contributed by atoms with van der Waals surface area (Å²) in [7, 11) is 1.67. The molecule has 0 saturated carbocycles. The van der Waals surface area contributed by atoms with Gasteiger partial charge in [-0.15, -0.1) is 0 Å². The van der Waals surface area contributed by atoms with Crippen LogP contribution in [-0.2, 0) is 0 Å². The third-order valence-corrected chi connectivity index (χ3v) is 7.25. The molecule has 2 aliphatic heterocycles. The molecule has 0 saturated heterocycles. The number of nitrogens with zero attached hydrogens (tertiary/aromatic N) is 3. The van der Waals surface area contributed by atoms with Crippen LogP contribution >= 0.6 is 11.6 Å². The second-order valence-corrected chi connectivity index (χ2v) is 9.59. The number of para-hydroxylation sites is 1. The summed E-state index contributed by atoms with van der Waals surface area (Å²) in [6.45, 7) is 0. The first-order chi connectivity index (χ1) is 18.2. The molecule has 2 atom stereocenters. The number of rotatable bonds is 4. The van der Waals surface area contributed by atoms with Gasteiger partial charge in [-0.05, 0) is 48.0 Å². The van der Waals surface area contributed by atoms with Gasteiger partial charge in [-0.3, -0.25) is 0 Å².